The van der Waals surface area contributed by atoms with E-state index >= 15 is 0 Å². The molecule has 5 heteroatoms. The zero-order valence-corrected chi connectivity index (χ0v) is 14.0. The number of amides is 2. The van der Waals surface area contributed by atoms with Crippen LogP contribution in [0.5, 0.6) is 0 Å². The number of para-hydroxylation sites is 1. The highest BCUT2D eigenvalue weighted by atomic mass is 16.2. The van der Waals surface area contributed by atoms with Crippen molar-refractivity contribution in [3.8, 4) is 6.07 Å². The Hall–Kier alpha value is -2.35. The Morgan fingerprint density at radius 3 is 2.35 bits per heavy atom. The third kappa shape index (κ3) is 3.53. The van der Waals surface area contributed by atoms with Gasteiger partial charge in [-0.3, -0.25) is 9.59 Å². The van der Waals surface area contributed by atoms with Gasteiger partial charge in [-0.1, -0.05) is 31.0 Å². The number of carbonyl (C=O) groups is 2. The van der Waals surface area contributed by atoms with Crippen LogP contribution in [0, 0.1) is 30.6 Å². The lowest BCUT2D eigenvalue weighted by molar-refractivity contribution is -0.139. The Bertz CT molecular complexity index is 634. The number of hydrogen-bond acceptors (Lipinski definition) is 3. The van der Waals surface area contributed by atoms with Crippen molar-refractivity contribution in [2.75, 3.05) is 18.9 Å². The molecule has 0 unspecified atom stereocenters. The zero-order valence-electron chi connectivity index (χ0n) is 14.0. The molecule has 23 heavy (non-hydrogen) atoms. The SMILES string of the molecule is Cc1cccc(C)c1NC(=O)CN(C)C(=O)C1(C#N)CCCC1. The number of nitriles is 1. The Kier molecular flexibility index (Phi) is 5.05. The van der Waals surface area contributed by atoms with Crippen LogP contribution in [0.4, 0.5) is 5.69 Å². The van der Waals surface area contributed by atoms with Gasteiger partial charge in [-0.05, 0) is 37.8 Å². The molecule has 5 nitrogen and oxygen atoms in total. The topological polar surface area (TPSA) is 73.2 Å². The molecule has 1 N–H and O–H groups in total. The van der Waals surface area contributed by atoms with Crippen molar-refractivity contribution < 1.29 is 9.59 Å². The van der Waals surface area contributed by atoms with Gasteiger partial charge < -0.3 is 10.2 Å². The molecule has 0 heterocycles. The predicted octanol–water partition coefficient (Wildman–Crippen LogP) is 2.78. The van der Waals surface area contributed by atoms with E-state index in [1.165, 1.54) is 4.90 Å². The van der Waals surface area contributed by atoms with Crippen LogP contribution >= 0.6 is 0 Å². The van der Waals surface area contributed by atoms with E-state index in [0.29, 0.717) is 12.8 Å². The van der Waals surface area contributed by atoms with Crippen LogP contribution in [-0.2, 0) is 9.59 Å². The number of nitrogens with one attached hydrogen (secondary N) is 1. The first kappa shape index (κ1) is 17.0. The Balaban J connectivity index is 2.03. The lowest BCUT2D eigenvalue weighted by Gasteiger charge is -2.26. The van der Waals surface area contributed by atoms with Crippen molar-refractivity contribution in [2.45, 2.75) is 39.5 Å². The average molecular weight is 313 g/mol. The fourth-order valence-electron chi connectivity index (χ4n) is 3.20. The predicted molar refractivity (Wildman–Crippen MR) is 88.7 cm³/mol. The first-order valence-corrected chi connectivity index (χ1v) is 7.92. The second kappa shape index (κ2) is 6.82. The van der Waals surface area contributed by atoms with Gasteiger partial charge in [-0.15, -0.1) is 0 Å². The number of rotatable bonds is 4. The highest BCUT2D eigenvalue weighted by molar-refractivity contribution is 5.96. The molecule has 2 rings (SSSR count). The van der Waals surface area contributed by atoms with Gasteiger partial charge >= 0.3 is 0 Å². The van der Waals surface area contributed by atoms with E-state index in [1.807, 2.05) is 32.0 Å². The second-order valence-corrected chi connectivity index (χ2v) is 6.38. The molecule has 0 bridgehead atoms. The number of likely N-dealkylation sites (N-methyl/N-ethyl adjacent to an activating group) is 1. The lowest BCUT2D eigenvalue weighted by Crippen LogP contribution is -2.43. The van der Waals surface area contributed by atoms with Crippen LogP contribution in [0.25, 0.3) is 0 Å². The molecule has 1 aliphatic carbocycles. The maximum absolute atomic E-state index is 12.5. The number of anilines is 1. The fourth-order valence-corrected chi connectivity index (χ4v) is 3.20. The fraction of sp³-hybridized carbons (Fsp3) is 0.500. The molecule has 1 aromatic rings. The van der Waals surface area contributed by atoms with Gasteiger partial charge in [0.2, 0.25) is 11.8 Å². The Morgan fingerprint density at radius 1 is 1.26 bits per heavy atom. The van der Waals surface area contributed by atoms with E-state index in [0.717, 1.165) is 29.7 Å². The van der Waals surface area contributed by atoms with Crippen LogP contribution in [-0.4, -0.2) is 30.3 Å². The van der Waals surface area contributed by atoms with Crippen LogP contribution in [0.15, 0.2) is 18.2 Å². The summed E-state index contributed by atoms with van der Waals surface area (Å²) < 4.78 is 0. The summed E-state index contributed by atoms with van der Waals surface area (Å²) in [5.41, 5.74) is 1.82. The highest BCUT2D eigenvalue weighted by Gasteiger charge is 2.43. The van der Waals surface area contributed by atoms with Gasteiger partial charge in [0, 0.05) is 12.7 Å². The van der Waals surface area contributed by atoms with Crippen molar-refractivity contribution in [3.63, 3.8) is 0 Å². The maximum atomic E-state index is 12.5. The smallest absolute Gasteiger partial charge is 0.243 e. The zero-order chi connectivity index (χ0) is 17.0. The van der Waals surface area contributed by atoms with Crippen molar-refractivity contribution >= 4 is 17.5 Å². The largest absolute Gasteiger partial charge is 0.335 e. The highest BCUT2D eigenvalue weighted by Crippen LogP contribution is 2.38. The monoisotopic (exact) mass is 313 g/mol. The summed E-state index contributed by atoms with van der Waals surface area (Å²) in [6, 6.07) is 7.98. The van der Waals surface area contributed by atoms with Crippen LogP contribution in [0.3, 0.4) is 0 Å². The first-order chi connectivity index (χ1) is 10.9. The van der Waals surface area contributed by atoms with Crippen molar-refractivity contribution in [2.24, 2.45) is 5.41 Å². The standard InChI is InChI=1S/C18H23N3O2/c1-13-7-6-8-14(2)16(13)20-15(22)11-21(3)17(23)18(12-19)9-4-5-10-18/h6-8H,4-5,9-11H2,1-3H3,(H,20,22). The third-order valence-corrected chi connectivity index (χ3v) is 4.55. The summed E-state index contributed by atoms with van der Waals surface area (Å²) in [5.74, 6) is -0.488. The molecule has 0 spiro atoms. The minimum absolute atomic E-state index is 0.0456. The van der Waals surface area contributed by atoms with Crippen molar-refractivity contribution in [1.29, 1.82) is 5.26 Å². The summed E-state index contributed by atoms with van der Waals surface area (Å²) in [4.78, 5) is 26.2. The average Bonchev–Trinajstić information content (AvgIpc) is 3.00. The molecule has 0 radical (unpaired) electrons. The lowest BCUT2D eigenvalue weighted by atomic mass is 9.86. The molecule has 1 saturated carbocycles. The summed E-state index contributed by atoms with van der Waals surface area (Å²) >= 11 is 0. The second-order valence-electron chi connectivity index (χ2n) is 6.38. The molecule has 1 aliphatic rings. The van der Waals surface area contributed by atoms with Crippen LogP contribution < -0.4 is 5.32 Å². The molecule has 1 aromatic carbocycles. The first-order valence-electron chi connectivity index (χ1n) is 7.92. The van der Waals surface area contributed by atoms with Crippen molar-refractivity contribution in [3.05, 3.63) is 29.3 Å². The van der Waals surface area contributed by atoms with E-state index < -0.39 is 5.41 Å². The molecule has 2 amide bonds. The van der Waals surface area contributed by atoms with Gasteiger partial charge in [0.1, 0.15) is 5.41 Å². The number of carbonyl (C=O) groups excluding carboxylic acids is 2. The third-order valence-electron chi connectivity index (χ3n) is 4.55. The molecule has 0 atom stereocenters. The van der Waals surface area contributed by atoms with Gasteiger partial charge in [0.15, 0.2) is 0 Å². The summed E-state index contributed by atoms with van der Waals surface area (Å²) in [5, 5.41) is 12.2. The molecular weight excluding hydrogens is 290 g/mol. The Labute approximate surface area is 137 Å². The number of benzene rings is 1. The molecule has 1 fully saturated rings. The molecule has 0 saturated heterocycles. The minimum atomic E-state index is -0.937. The van der Waals surface area contributed by atoms with Crippen LogP contribution in [0.2, 0.25) is 0 Å². The number of hydrogen-bond donors (Lipinski definition) is 1. The maximum Gasteiger partial charge on any atom is 0.243 e. The normalized spacial score (nSPS) is 15.7. The van der Waals surface area contributed by atoms with Crippen molar-refractivity contribution in [1.82, 2.24) is 4.90 Å². The summed E-state index contributed by atoms with van der Waals surface area (Å²) in [7, 11) is 1.59. The summed E-state index contributed by atoms with van der Waals surface area (Å²) in [6.45, 7) is 3.82. The van der Waals surface area contributed by atoms with E-state index in [2.05, 4.69) is 11.4 Å². The van der Waals surface area contributed by atoms with E-state index in [-0.39, 0.29) is 18.4 Å². The van der Waals surface area contributed by atoms with Gasteiger partial charge in [0.05, 0.1) is 12.6 Å². The quantitative estimate of drug-likeness (QED) is 0.929. The van der Waals surface area contributed by atoms with E-state index in [1.54, 1.807) is 7.05 Å². The number of nitrogens with zero attached hydrogens (tertiary/aromatic N) is 2. The van der Waals surface area contributed by atoms with Crippen LogP contribution in [0.1, 0.15) is 36.8 Å². The number of aryl methyl sites for hydroxylation is 2. The van der Waals surface area contributed by atoms with Gasteiger partial charge in [-0.2, -0.15) is 5.26 Å². The minimum Gasteiger partial charge on any atom is -0.335 e. The molecule has 0 aromatic heterocycles. The molecular formula is C18H23N3O2. The van der Waals surface area contributed by atoms with Gasteiger partial charge in [0.25, 0.3) is 0 Å². The molecule has 0 aliphatic heterocycles. The summed E-state index contributed by atoms with van der Waals surface area (Å²) in [6.07, 6.45) is 2.96. The Morgan fingerprint density at radius 2 is 1.83 bits per heavy atom. The van der Waals surface area contributed by atoms with E-state index in [9.17, 15) is 14.9 Å². The molecule has 122 valence electrons. The van der Waals surface area contributed by atoms with E-state index in [4.69, 9.17) is 0 Å². The van der Waals surface area contributed by atoms with Gasteiger partial charge in [-0.25, -0.2) is 0 Å².